The zero-order valence-corrected chi connectivity index (χ0v) is 10.1. The van der Waals surface area contributed by atoms with Crippen LogP contribution in [0.4, 0.5) is 5.69 Å². The first kappa shape index (κ1) is 15.3. The third-order valence-electron chi connectivity index (χ3n) is 2.10. The van der Waals surface area contributed by atoms with Gasteiger partial charge in [0.25, 0.3) is 17.2 Å². The normalized spacial score (nSPS) is 10.0. The Morgan fingerprint density at radius 1 is 1.50 bits per heavy atom. The maximum atomic E-state index is 11.6. The number of pyridine rings is 1. The molecule has 1 heterocycles. The Kier molecular flexibility index (Phi) is 5.35. The van der Waals surface area contributed by atoms with Gasteiger partial charge in [0.1, 0.15) is 12.2 Å². The van der Waals surface area contributed by atoms with Crippen LogP contribution in [0.25, 0.3) is 0 Å². The third-order valence-corrected chi connectivity index (χ3v) is 2.10. The molecule has 0 aromatic carbocycles. The van der Waals surface area contributed by atoms with E-state index in [1.807, 2.05) is 0 Å². The highest BCUT2D eigenvalue weighted by Gasteiger charge is 2.15. The van der Waals surface area contributed by atoms with E-state index in [1.165, 1.54) is 0 Å². The van der Waals surface area contributed by atoms with Crippen LogP contribution >= 0.6 is 0 Å². The molecule has 10 nitrogen and oxygen atoms in total. The van der Waals surface area contributed by atoms with Gasteiger partial charge in [-0.3, -0.25) is 19.7 Å². The van der Waals surface area contributed by atoms with Crippen LogP contribution in [0, 0.1) is 10.1 Å². The Labute approximate surface area is 111 Å². The number of aromatic amines is 1. The average molecular weight is 285 g/mol. The number of nitrogens with zero attached hydrogens (tertiary/aromatic N) is 1. The maximum absolute atomic E-state index is 11.6. The monoisotopic (exact) mass is 285 g/mol. The standard InChI is InChI=1S/C10H11N3O7/c14-8(15)5-20-2-1-11-9(16)7-3-6(13(18)19)4-12-10(7)17/h3-4H,1-2,5H2,(H,11,16)(H,12,17)(H,14,15). The Morgan fingerprint density at radius 3 is 2.80 bits per heavy atom. The Bertz CT molecular complexity index is 580. The van der Waals surface area contributed by atoms with Crippen molar-refractivity contribution in [2.24, 2.45) is 0 Å². The third kappa shape index (κ3) is 4.49. The highest BCUT2D eigenvalue weighted by Crippen LogP contribution is 2.07. The van der Waals surface area contributed by atoms with Crippen molar-refractivity contribution in [1.82, 2.24) is 10.3 Å². The highest BCUT2D eigenvalue weighted by atomic mass is 16.6. The second-order valence-corrected chi connectivity index (χ2v) is 3.56. The van der Waals surface area contributed by atoms with Crippen LogP contribution < -0.4 is 10.9 Å². The average Bonchev–Trinajstić information content (AvgIpc) is 2.37. The fourth-order valence-corrected chi connectivity index (χ4v) is 1.24. The molecule has 1 aromatic heterocycles. The first-order valence-corrected chi connectivity index (χ1v) is 5.36. The molecule has 0 radical (unpaired) electrons. The molecule has 0 saturated heterocycles. The van der Waals surface area contributed by atoms with E-state index in [9.17, 15) is 24.5 Å². The molecule has 0 aliphatic carbocycles. The SMILES string of the molecule is O=C(O)COCCNC(=O)c1cc([N+](=O)[O-])c[nH]c1=O. The summed E-state index contributed by atoms with van der Waals surface area (Å²) in [6.45, 7) is -0.605. The van der Waals surface area contributed by atoms with Gasteiger partial charge in [-0.2, -0.15) is 0 Å². The maximum Gasteiger partial charge on any atom is 0.329 e. The number of carboxylic acid groups (broad SMARTS) is 1. The lowest BCUT2D eigenvalue weighted by Crippen LogP contribution is -2.32. The summed E-state index contributed by atoms with van der Waals surface area (Å²) in [6, 6.07) is 0.853. The fraction of sp³-hybridized carbons (Fsp3) is 0.300. The fourth-order valence-electron chi connectivity index (χ4n) is 1.24. The molecule has 0 aliphatic rings. The van der Waals surface area contributed by atoms with Crippen molar-refractivity contribution in [2.75, 3.05) is 19.8 Å². The van der Waals surface area contributed by atoms with Gasteiger partial charge >= 0.3 is 5.97 Å². The van der Waals surface area contributed by atoms with Crippen molar-refractivity contribution in [3.05, 3.63) is 38.3 Å². The van der Waals surface area contributed by atoms with Crippen LogP contribution in [-0.2, 0) is 9.53 Å². The van der Waals surface area contributed by atoms with Crippen molar-refractivity contribution in [3.8, 4) is 0 Å². The van der Waals surface area contributed by atoms with Crippen molar-refractivity contribution in [3.63, 3.8) is 0 Å². The number of aromatic nitrogens is 1. The first-order chi connectivity index (χ1) is 9.41. The lowest BCUT2D eigenvalue weighted by Gasteiger charge is -2.04. The molecule has 0 unspecified atom stereocenters. The van der Waals surface area contributed by atoms with E-state index < -0.39 is 40.2 Å². The molecule has 0 spiro atoms. The van der Waals surface area contributed by atoms with E-state index in [0.717, 1.165) is 12.3 Å². The Morgan fingerprint density at radius 2 is 2.20 bits per heavy atom. The number of hydrogen-bond acceptors (Lipinski definition) is 6. The lowest BCUT2D eigenvalue weighted by molar-refractivity contribution is -0.385. The second kappa shape index (κ2) is 6.99. The summed E-state index contributed by atoms with van der Waals surface area (Å²) >= 11 is 0. The minimum atomic E-state index is -1.15. The zero-order valence-electron chi connectivity index (χ0n) is 10.1. The van der Waals surface area contributed by atoms with E-state index in [4.69, 9.17) is 5.11 Å². The van der Waals surface area contributed by atoms with Crippen LogP contribution in [-0.4, -0.2) is 46.6 Å². The summed E-state index contributed by atoms with van der Waals surface area (Å²) in [5, 5.41) is 21.1. The minimum Gasteiger partial charge on any atom is -0.480 e. The molecule has 1 rings (SSSR count). The van der Waals surface area contributed by atoms with E-state index in [0.29, 0.717) is 0 Å². The van der Waals surface area contributed by atoms with Crippen LogP contribution in [0.3, 0.4) is 0 Å². The molecule has 108 valence electrons. The predicted octanol–water partition coefficient (Wildman–Crippen LogP) is -0.886. The molecule has 3 N–H and O–H groups in total. The molecule has 0 saturated carbocycles. The van der Waals surface area contributed by atoms with Crippen LogP contribution in [0.5, 0.6) is 0 Å². The van der Waals surface area contributed by atoms with Gasteiger partial charge in [0.2, 0.25) is 0 Å². The first-order valence-electron chi connectivity index (χ1n) is 5.36. The van der Waals surface area contributed by atoms with Crippen molar-refractivity contribution >= 4 is 17.6 Å². The lowest BCUT2D eigenvalue weighted by atomic mass is 10.2. The van der Waals surface area contributed by atoms with Gasteiger partial charge in [-0.05, 0) is 0 Å². The van der Waals surface area contributed by atoms with Gasteiger partial charge in [0, 0.05) is 12.6 Å². The van der Waals surface area contributed by atoms with Gasteiger partial charge in [-0.25, -0.2) is 4.79 Å². The number of carboxylic acids is 1. The molecule has 1 aromatic rings. The number of nitro groups is 1. The van der Waals surface area contributed by atoms with Gasteiger partial charge < -0.3 is 20.1 Å². The second-order valence-electron chi connectivity index (χ2n) is 3.56. The number of amides is 1. The molecule has 0 atom stereocenters. The van der Waals surface area contributed by atoms with Gasteiger partial charge in [0.15, 0.2) is 0 Å². The number of carbonyl (C=O) groups excluding carboxylic acids is 1. The number of H-pyrrole nitrogens is 1. The Balaban J connectivity index is 2.59. The Hall–Kier alpha value is -2.75. The number of aliphatic carboxylic acids is 1. The molecule has 0 fully saturated rings. The smallest absolute Gasteiger partial charge is 0.329 e. The summed E-state index contributed by atoms with van der Waals surface area (Å²) in [7, 11) is 0. The molecular weight excluding hydrogens is 274 g/mol. The van der Waals surface area contributed by atoms with E-state index in [2.05, 4.69) is 15.0 Å². The molecule has 0 aliphatic heterocycles. The number of hydrogen-bond donors (Lipinski definition) is 3. The minimum absolute atomic E-state index is 0.0335. The highest BCUT2D eigenvalue weighted by molar-refractivity contribution is 5.94. The van der Waals surface area contributed by atoms with Crippen molar-refractivity contribution in [1.29, 1.82) is 0 Å². The molecule has 0 bridgehead atoms. The molecular formula is C10H11N3O7. The van der Waals surface area contributed by atoms with Crippen molar-refractivity contribution < 1.29 is 24.4 Å². The summed E-state index contributed by atoms with van der Waals surface area (Å²) in [5.41, 5.74) is -1.59. The predicted molar refractivity (Wildman–Crippen MR) is 64.5 cm³/mol. The van der Waals surface area contributed by atoms with E-state index in [-0.39, 0.29) is 13.2 Å². The van der Waals surface area contributed by atoms with Crippen molar-refractivity contribution in [2.45, 2.75) is 0 Å². The topological polar surface area (TPSA) is 152 Å². The summed E-state index contributed by atoms with van der Waals surface area (Å²) in [5.74, 6) is -1.96. The molecule has 10 heteroatoms. The van der Waals surface area contributed by atoms with E-state index in [1.54, 1.807) is 0 Å². The van der Waals surface area contributed by atoms with E-state index >= 15 is 0 Å². The summed E-state index contributed by atoms with van der Waals surface area (Å²) in [6.07, 6.45) is 0.884. The van der Waals surface area contributed by atoms with Gasteiger partial charge in [-0.15, -0.1) is 0 Å². The largest absolute Gasteiger partial charge is 0.480 e. The number of nitrogens with one attached hydrogen (secondary N) is 2. The van der Waals surface area contributed by atoms with Crippen LogP contribution in [0.15, 0.2) is 17.1 Å². The quantitative estimate of drug-likeness (QED) is 0.334. The molecule has 1 amide bonds. The van der Waals surface area contributed by atoms with Gasteiger partial charge in [-0.1, -0.05) is 0 Å². The van der Waals surface area contributed by atoms with Crippen LogP contribution in [0.2, 0.25) is 0 Å². The summed E-state index contributed by atoms with van der Waals surface area (Å²) in [4.78, 5) is 45.0. The number of ether oxygens (including phenoxy) is 1. The summed E-state index contributed by atoms with van der Waals surface area (Å²) < 4.78 is 4.67. The number of rotatable bonds is 7. The zero-order chi connectivity index (χ0) is 15.1. The van der Waals surface area contributed by atoms with Gasteiger partial charge in [0.05, 0.1) is 17.7 Å². The number of carbonyl (C=O) groups is 2. The van der Waals surface area contributed by atoms with Crippen LogP contribution in [0.1, 0.15) is 10.4 Å². The molecule has 20 heavy (non-hydrogen) atoms.